The first kappa shape index (κ1) is 25.4. The van der Waals surface area contributed by atoms with Crippen molar-refractivity contribution in [2.24, 2.45) is 5.92 Å². The maximum atomic E-state index is 12.6. The van der Waals surface area contributed by atoms with E-state index in [9.17, 15) is 9.59 Å². The van der Waals surface area contributed by atoms with Crippen molar-refractivity contribution in [3.63, 3.8) is 0 Å². The molecule has 0 fully saturated rings. The van der Waals surface area contributed by atoms with E-state index in [0.717, 1.165) is 0 Å². The molecule has 0 saturated heterocycles. The van der Waals surface area contributed by atoms with Crippen LogP contribution in [0.15, 0.2) is 60.7 Å². The molecule has 2 atom stereocenters. The molecule has 9 heteroatoms. The van der Waals surface area contributed by atoms with E-state index in [4.69, 9.17) is 25.0 Å². The molecule has 33 heavy (non-hydrogen) atoms. The predicted molar refractivity (Wildman–Crippen MR) is 120 cm³/mol. The molecule has 9 nitrogen and oxygen atoms in total. The molecule has 2 aromatic carbocycles. The summed E-state index contributed by atoms with van der Waals surface area (Å²) in [6, 6.07) is 15.5. The van der Waals surface area contributed by atoms with Crippen LogP contribution in [0.2, 0.25) is 0 Å². The van der Waals surface area contributed by atoms with E-state index < -0.39 is 18.1 Å². The number of allylic oxidation sites excluding steroid dienone is 1. The molecule has 174 valence electrons. The highest BCUT2D eigenvalue weighted by molar-refractivity contribution is 5.86. The Bertz CT molecular complexity index is 984. The minimum Gasteiger partial charge on any atom is -0.491 e. The molecule has 0 unspecified atom stereocenters. The number of nitrogens with zero attached hydrogens (tertiary/aromatic N) is 1. The van der Waals surface area contributed by atoms with Gasteiger partial charge in [-0.15, -0.1) is 0 Å². The van der Waals surface area contributed by atoms with Gasteiger partial charge in [-0.3, -0.25) is 15.3 Å². The number of carbonyl (C=O) groups is 2. The number of nitriles is 1. The molecule has 0 radical (unpaired) electrons. The average Bonchev–Trinajstić information content (AvgIpc) is 2.84. The van der Waals surface area contributed by atoms with E-state index in [1.807, 2.05) is 19.1 Å². The lowest BCUT2D eigenvalue weighted by Gasteiger charge is -2.25. The van der Waals surface area contributed by atoms with E-state index in [0.29, 0.717) is 35.4 Å². The molecule has 2 aromatic rings. The molecule has 0 heterocycles. The maximum Gasteiger partial charge on any atom is 0.412 e. The summed E-state index contributed by atoms with van der Waals surface area (Å²) in [5, 5.41) is 29.1. The van der Waals surface area contributed by atoms with Crippen molar-refractivity contribution < 1.29 is 29.4 Å². The third-order valence-corrected chi connectivity index (χ3v) is 4.73. The second-order valence-electron chi connectivity index (χ2n) is 7.22. The van der Waals surface area contributed by atoms with Gasteiger partial charge in [0, 0.05) is 11.8 Å². The van der Waals surface area contributed by atoms with E-state index in [2.05, 4.69) is 5.32 Å². The first-order valence-electron chi connectivity index (χ1n) is 10.4. The summed E-state index contributed by atoms with van der Waals surface area (Å²) in [5.41, 5.74) is 3.21. The molecule has 0 aliphatic heterocycles. The van der Waals surface area contributed by atoms with Crippen LogP contribution in [0.5, 0.6) is 5.75 Å². The second kappa shape index (κ2) is 13.5. The summed E-state index contributed by atoms with van der Waals surface area (Å²) in [4.78, 5) is 23.7. The van der Waals surface area contributed by atoms with Gasteiger partial charge in [-0.05, 0) is 60.7 Å². The standard InChI is InChI=1S/C24H27N3O6/c1-17(5-2-3-8-22(29)27-31)23(19-6-4-7-21(15-19)32-14-13-28)33-24(30)26-20-11-9-18(16-25)10-12-20/h3-4,6-12,15,17,23,28,31H,2,5,13-14H2,1H3,(H,26,30)(H,27,29)/b8-3+/t17-,23-/m0/s1. The first-order chi connectivity index (χ1) is 16.0. The maximum absolute atomic E-state index is 12.6. The normalized spacial score (nSPS) is 12.4. The molecule has 0 aliphatic carbocycles. The molecule has 0 saturated carbocycles. The van der Waals surface area contributed by atoms with Crippen LogP contribution in [0.3, 0.4) is 0 Å². The topological polar surface area (TPSA) is 141 Å². The van der Waals surface area contributed by atoms with Crippen LogP contribution in [0.1, 0.15) is 37.0 Å². The Labute approximate surface area is 192 Å². The fourth-order valence-corrected chi connectivity index (χ4v) is 3.09. The van der Waals surface area contributed by atoms with Gasteiger partial charge in [0.2, 0.25) is 0 Å². The largest absolute Gasteiger partial charge is 0.491 e. The zero-order valence-corrected chi connectivity index (χ0v) is 18.2. The predicted octanol–water partition coefficient (Wildman–Crippen LogP) is 3.70. The molecular weight excluding hydrogens is 426 g/mol. The van der Waals surface area contributed by atoms with Crippen molar-refractivity contribution in [3.05, 3.63) is 71.8 Å². The minimum atomic E-state index is -0.659. The monoisotopic (exact) mass is 453 g/mol. The lowest BCUT2D eigenvalue weighted by molar-refractivity contribution is -0.124. The number of aliphatic hydroxyl groups is 1. The highest BCUT2D eigenvalue weighted by Gasteiger charge is 2.24. The Hall–Kier alpha value is -3.87. The van der Waals surface area contributed by atoms with Crippen LogP contribution in [0, 0.1) is 17.2 Å². The Morgan fingerprint density at radius 2 is 1.97 bits per heavy atom. The van der Waals surface area contributed by atoms with E-state index >= 15 is 0 Å². The van der Waals surface area contributed by atoms with E-state index in [-0.39, 0.29) is 19.1 Å². The smallest absolute Gasteiger partial charge is 0.412 e. The number of aliphatic hydroxyl groups excluding tert-OH is 1. The third-order valence-electron chi connectivity index (χ3n) is 4.73. The van der Waals surface area contributed by atoms with Gasteiger partial charge in [-0.25, -0.2) is 10.3 Å². The Balaban J connectivity index is 2.14. The van der Waals surface area contributed by atoms with Gasteiger partial charge in [0.25, 0.3) is 5.91 Å². The van der Waals surface area contributed by atoms with Gasteiger partial charge < -0.3 is 14.6 Å². The van der Waals surface area contributed by atoms with Gasteiger partial charge in [0.15, 0.2) is 0 Å². The number of hydroxylamine groups is 1. The lowest BCUT2D eigenvalue weighted by Crippen LogP contribution is -2.22. The molecule has 4 N–H and O–H groups in total. The minimum absolute atomic E-state index is 0.124. The molecular formula is C24H27N3O6. The van der Waals surface area contributed by atoms with Crippen molar-refractivity contribution >= 4 is 17.7 Å². The number of rotatable bonds is 11. The number of hydrogen-bond donors (Lipinski definition) is 4. The SMILES string of the molecule is C[C@@H](CC/C=C/C(=O)NO)[C@H](OC(=O)Nc1ccc(C#N)cc1)c1cccc(OCCO)c1. The third kappa shape index (κ3) is 8.65. The first-order valence-corrected chi connectivity index (χ1v) is 10.4. The van der Waals surface area contributed by atoms with Crippen LogP contribution in [0.25, 0.3) is 0 Å². The molecule has 0 bridgehead atoms. The fraction of sp³-hybridized carbons (Fsp3) is 0.292. The molecule has 2 amide bonds. The number of carbonyl (C=O) groups excluding carboxylic acids is 2. The number of ether oxygens (including phenoxy) is 2. The van der Waals surface area contributed by atoms with Crippen LogP contribution in [-0.2, 0) is 9.53 Å². The quantitative estimate of drug-likeness (QED) is 0.231. The number of hydrogen-bond acceptors (Lipinski definition) is 7. The average molecular weight is 453 g/mol. The number of nitrogens with one attached hydrogen (secondary N) is 2. The van der Waals surface area contributed by atoms with Gasteiger partial charge in [0.1, 0.15) is 18.5 Å². The van der Waals surface area contributed by atoms with Gasteiger partial charge in [-0.1, -0.05) is 25.1 Å². The van der Waals surface area contributed by atoms with E-state index in [1.54, 1.807) is 48.5 Å². The van der Waals surface area contributed by atoms with Crippen molar-refractivity contribution in [1.29, 1.82) is 5.26 Å². The van der Waals surface area contributed by atoms with Crippen molar-refractivity contribution in [2.45, 2.75) is 25.9 Å². The van der Waals surface area contributed by atoms with Gasteiger partial charge >= 0.3 is 6.09 Å². The van der Waals surface area contributed by atoms with E-state index in [1.165, 1.54) is 11.6 Å². The van der Waals surface area contributed by atoms with Crippen LogP contribution in [-0.4, -0.2) is 35.5 Å². The van der Waals surface area contributed by atoms with Gasteiger partial charge in [-0.2, -0.15) is 5.26 Å². The molecule has 0 spiro atoms. The summed E-state index contributed by atoms with van der Waals surface area (Å²) < 4.78 is 11.2. The highest BCUT2D eigenvalue weighted by Crippen LogP contribution is 2.32. The summed E-state index contributed by atoms with van der Waals surface area (Å²) >= 11 is 0. The van der Waals surface area contributed by atoms with Crippen LogP contribution in [0.4, 0.5) is 10.5 Å². The fourth-order valence-electron chi connectivity index (χ4n) is 3.09. The summed E-state index contributed by atoms with van der Waals surface area (Å²) in [6.07, 6.45) is 2.67. The van der Waals surface area contributed by atoms with Crippen molar-refractivity contribution in [1.82, 2.24) is 5.48 Å². The molecule has 2 rings (SSSR count). The molecule has 0 aliphatic rings. The zero-order valence-electron chi connectivity index (χ0n) is 18.2. The van der Waals surface area contributed by atoms with Crippen molar-refractivity contribution in [3.8, 4) is 11.8 Å². The summed E-state index contributed by atoms with van der Waals surface area (Å²) in [6.45, 7) is 1.93. The Kier molecular flexibility index (Phi) is 10.4. The summed E-state index contributed by atoms with van der Waals surface area (Å²) in [7, 11) is 0. The van der Waals surface area contributed by atoms with Crippen LogP contribution >= 0.6 is 0 Å². The Morgan fingerprint density at radius 3 is 2.64 bits per heavy atom. The van der Waals surface area contributed by atoms with Crippen molar-refractivity contribution in [2.75, 3.05) is 18.5 Å². The zero-order chi connectivity index (χ0) is 24.1. The number of benzene rings is 2. The molecule has 0 aromatic heterocycles. The van der Waals surface area contributed by atoms with Crippen LogP contribution < -0.4 is 15.5 Å². The lowest BCUT2D eigenvalue weighted by atomic mass is 9.93. The number of anilines is 1. The highest BCUT2D eigenvalue weighted by atomic mass is 16.6. The Morgan fingerprint density at radius 1 is 1.21 bits per heavy atom. The van der Waals surface area contributed by atoms with Gasteiger partial charge in [0.05, 0.1) is 18.2 Å². The summed E-state index contributed by atoms with van der Waals surface area (Å²) in [5.74, 6) is -0.216. The second-order valence-corrected chi connectivity index (χ2v) is 7.22. The number of amides is 2.